The first kappa shape index (κ1) is 14.0. The fraction of sp³-hybridized carbons (Fsp3) is 0.300. The van der Waals surface area contributed by atoms with Gasteiger partial charge in [0.2, 0.25) is 0 Å². The molecule has 0 unspecified atom stereocenters. The lowest BCUT2D eigenvalue weighted by molar-refractivity contribution is 0.153. The van der Waals surface area contributed by atoms with E-state index in [1.165, 1.54) is 26.5 Å². The van der Waals surface area contributed by atoms with Gasteiger partial charge in [0.15, 0.2) is 0 Å². The van der Waals surface area contributed by atoms with Crippen LogP contribution in [0.25, 0.3) is 0 Å². The number of hydrogen-bond donors (Lipinski definition) is 2. The van der Waals surface area contributed by atoms with Gasteiger partial charge in [0, 0.05) is 11.8 Å². The maximum absolute atomic E-state index is 11.2. The molecule has 1 rings (SSSR count). The first-order chi connectivity index (χ1) is 8.56. The quantitative estimate of drug-likeness (QED) is 0.642. The van der Waals surface area contributed by atoms with Crippen molar-refractivity contribution in [2.45, 2.75) is 6.17 Å². The summed E-state index contributed by atoms with van der Waals surface area (Å²) >= 11 is 5.65. The second kappa shape index (κ2) is 6.65. The van der Waals surface area contributed by atoms with Crippen LogP contribution in [0.5, 0.6) is 0 Å². The number of halogens is 1. The van der Waals surface area contributed by atoms with Crippen LogP contribution in [0.2, 0.25) is 5.15 Å². The lowest BCUT2D eigenvalue weighted by Gasteiger charge is -2.18. The molecule has 0 radical (unpaired) electrons. The molecule has 7 nitrogen and oxygen atoms in total. The van der Waals surface area contributed by atoms with E-state index in [1.807, 2.05) is 0 Å². The normalized spacial score (nSPS) is 9.78. The SMILES string of the molecule is COC(=O)NC(NC(=O)OC)c1ccc(Cl)nc1. The van der Waals surface area contributed by atoms with E-state index in [0.717, 1.165) is 0 Å². The number of ether oxygens (including phenoxy) is 2. The molecule has 2 N–H and O–H groups in total. The van der Waals surface area contributed by atoms with Crippen LogP contribution >= 0.6 is 11.6 Å². The highest BCUT2D eigenvalue weighted by Crippen LogP contribution is 2.12. The Kier molecular flexibility index (Phi) is 5.19. The summed E-state index contributed by atoms with van der Waals surface area (Å²) < 4.78 is 8.90. The fourth-order valence-corrected chi connectivity index (χ4v) is 1.23. The van der Waals surface area contributed by atoms with Gasteiger partial charge in [-0.15, -0.1) is 0 Å². The maximum atomic E-state index is 11.2. The van der Waals surface area contributed by atoms with Gasteiger partial charge in [0.25, 0.3) is 0 Å². The number of aromatic nitrogens is 1. The van der Waals surface area contributed by atoms with Crippen LogP contribution in [0.1, 0.15) is 11.7 Å². The van der Waals surface area contributed by atoms with Gasteiger partial charge in [-0.3, -0.25) is 10.6 Å². The lowest BCUT2D eigenvalue weighted by atomic mass is 10.2. The zero-order valence-electron chi connectivity index (χ0n) is 9.77. The Bertz CT molecular complexity index is 406. The summed E-state index contributed by atoms with van der Waals surface area (Å²) in [5, 5.41) is 5.12. The molecule has 0 fully saturated rings. The highest BCUT2D eigenvalue weighted by atomic mass is 35.5. The third-order valence-electron chi connectivity index (χ3n) is 1.98. The van der Waals surface area contributed by atoms with Crippen LogP contribution in [0.15, 0.2) is 18.3 Å². The minimum atomic E-state index is -0.824. The summed E-state index contributed by atoms with van der Waals surface area (Å²) in [4.78, 5) is 26.2. The number of pyridine rings is 1. The van der Waals surface area contributed by atoms with E-state index in [2.05, 4.69) is 25.1 Å². The van der Waals surface area contributed by atoms with Crippen LogP contribution in [0.4, 0.5) is 9.59 Å². The minimum absolute atomic E-state index is 0.300. The van der Waals surface area contributed by atoms with Gasteiger partial charge in [0.05, 0.1) is 14.2 Å². The summed E-state index contributed by atoms with van der Waals surface area (Å²) in [6, 6.07) is 3.13. The van der Waals surface area contributed by atoms with E-state index in [4.69, 9.17) is 11.6 Å². The number of alkyl carbamates (subject to hydrolysis) is 2. The van der Waals surface area contributed by atoms with E-state index in [1.54, 1.807) is 6.07 Å². The number of carbonyl (C=O) groups excluding carboxylic acids is 2. The predicted octanol–water partition coefficient (Wildman–Crippen LogP) is 1.45. The summed E-state index contributed by atoms with van der Waals surface area (Å²) in [6.45, 7) is 0. The first-order valence-corrected chi connectivity index (χ1v) is 5.25. The lowest BCUT2D eigenvalue weighted by Crippen LogP contribution is -2.41. The highest BCUT2D eigenvalue weighted by molar-refractivity contribution is 6.29. The number of rotatable bonds is 3. The molecule has 0 spiro atoms. The summed E-state index contributed by atoms with van der Waals surface area (Å²) in [6.07, 6.45) is -0.814. The van der Waals surface area contributed by atoms with E-state index in [-0.39, 0.29) is 0 Å². The van der Waals surface area contributed by atoms with E-state index < -0.39 is 18.4 Å². The summed E-state index contributed by atoms with van der Waals surface area (Å²) in [5.74, 6) is 0. The van der Waals surface area contributed by atoms with Crippen LogP contribution in [0.3, 0.4) is 0 Å². The standard InChI is InChI=1S/C10H12ClN3O4/c1-17-9(15)13-8(14-10(16)18-2)6-3-4-7(11)12-5-6/h3-5,8H,1-2H3,(H,13,15)(H,14,16). The monoisotopic (exact) mass is 273 g/mol. The Balaban J connectivity index is 2.85. The first-order valence-electron chi connectivity index (χ1n) is 4.87. The molecule has 0 aliphatic rings. The van der Waals surface area contributed by atoms with E-state index in [9.17, 15) is 9.59 Å². The number of nitrogens with zero attached hydrogens (tertiary/aromatic N) is 1. The van der Waals surface area contributed by atoms with Gasteiger partial charge < -0.3 is 9.47 Å². The van der Waals surface area contributed by atoms with Crippen molar-refractivity contribution in [3.8, 4) is 0 Å². The van der Waals surface area contributed by atoms with Gasteiger partial charge in [-0.1, -0.05) is 17.7 Å². The van der Waals surface area contributed by atoms with Gasteiger partial charge >= 0.3 is 12.2 Å². The van der Waals surface area contributed by atoms with Crippen LogP contribution in [-0.2, 0) is 9.47 Å². The second-order valence-corrected chi connectivity index (χ2v) is 3.51. The predicted molar refractivity (Wildman–Crippen MR) is 63.1 cm³/mol. The van der Waals surface area contributed by atoms with E-state index in [0.29, 0.717) is 10.7 Å². The second-order valence-electron chi connectivity index (χ2n) is 3.12. The maximum Gasteiger partial charge on any atom is 0.408 e. The molecule has 18 heavy (non-hydrogen) atoms. The summed E-state index contributed by atoms with van der Waals surface area (Å²) in [7, 11) is 2.43. The van der Waals surface area contributed by atoms with Crippen LogP contribution in [-0.4, -0.2) is 31.4 Å². The Morgan fingerprint density at radius 2 is 1.78 bits per heavy atom. The molecule has 1 aromatic heterocycles. The molecule has 1 aromatic rings. The van der Waals surface area contributed by atoms with Crippen LogP contribution < -0.4 is 10.6 Å². The topological polar surface area (TPSA) is 89.6 Å². The largest absolute Gasteiger partial charge is 0.453 e. The van der Waals surface area contributed by atoms with Crippen molar-refractivity contribution >= 4 is 23.8 Å². The molecular weight excluding hydrogens is 262 g/mol. The molecule has 0 saturated carbocycles. The molecule has 98 valence electrons. The average Bonchev–Trinajstić information content (AvgIpc) is 2.38. The van der Waals surface area contributed by atoms with Crippen molar-refractivity contribution < 1.29 is 19.1 Å². The van der Waals surface area contributed by atoms with Crippen molar-refractivity contribution in [3.63, 3.8) is 0 Å². The molecule has 0 aliphatic carbocycles. The third-order valence-corrected chi connectivity index (χ3v) is 2.20. The summed E-state index contributed by atoms with van der Waals surface area (Å²) in [5.41, 5.74) is 0.523. The zero-order chi connectivity index (χ0) is 13.5. The Morgan fingerprint density at radius 1 is 1.22 bits per heavy atom. The molecule has 0 aromatic carbocycles. The molecule has 1 heterocycles. The van der Waals surface area contributed by atoms with E-state index >= 15 is 0 Å². The van der Waals surface area contributed by atoms with Gasteiger partial charge in [-0.05, 0) is 6.07 Å². The van der Waals surface area contributed by atoms with Gasteiger partial charge in [0.1, 0.15) is 11.3 Å². The molecule has 0 aliphatic heterocycles. The Hall–Kier alpha value is -2.02. The highest BCUT2D eigenvalue weighted by Gasteiger charge is 2.17. The van der Waals surface area contributed by atoms with Crippen molar-refractivity contribution in [3.05, 3.63) is 29.0 Å². The zero-order valence-corrected chi connectivity index (χ0v) is 10.5. The smallest absolute Gasteiger partial charge is 0.408 e. The fourth-order valence-electron chi connectivity index (χ4n) is 1.11. The minimum Gasteiger partial charge on any atom is -0.453 e. The Labute approximate surface area is 108 Å². The molecule has 0 atom stereocenters. The molecule has 0 saturated heterocycles. The van der Waals surface area contributed by atoms with Crippen molar-refractivity contribution in [1.29, 1.82) is 0 Å². The number of methoxy groups -OCH3 is 2. The molecule has 0 bridgehead atoms. The van der Waals surface area contributed by atoms with Gasteiger partial charge in [-0.2, -0.15) is 0 Å². The average molecular weight is 274 g/mol. The number of hydrogen-bond acceptors (Lipinski definition) is 5. The molecular formula is C10H12ClN3O4. The van der Waals surface area contributed by atoms with Crippen LogP contribution in [0, 0.1) is 0 Å². The number of nitrogens with one attached hydrogen (secondary N) is 2. The number of carbonyl (C=O) groups is 2. The van der Waals surface area contributed by atoms with Crippen molar-refractivity contribution in [2.24, 2.45) is 0 Å². The molecule has 2 amide bonds. The Morgan fingerprint density at radius 3 is 2.17 bits per heavy atom. The van der Waals surface area contributed by atoms with Gasteiger partial charge in [-0.25, -0.2) is 14.6 Å². The number of amides is 2. The molecule has 8 heteroatoms. The van der Waals surface area contributed by atoms with Crippen molar-refractivity contribution in [2.75, 3.05) is 14.2 Å². The van der Waals surface area contributed by atoms with Crippen molar-refractivity contribution in [1.82, 2.24) is 15.6 Å². The third kappa shape index (κ3) is 4.10.